The molecule has 4 rings (SSSR count). The lowest BCUT2D eigenvalue weighted by Crippen LogP contribution is -2.46. The first-order valence-corrected chi connectivity index (χ1v) is 9.54. The largest absolute Gasteiger partial charge is 0.368 e. The van der Waals surface area contributed by atoms with Crippen molar-refractivity contribution in [3.63, 3.8) is 0 Å². The van der Waals surface area contributed by atoms with Crippen LogP contribution < -0.4 is 4.90 Å². The molecule has 2 aromatic rings. The lowest BCUT2D eigenvalue weighted by Gasteiger charge is -2.35. The Balaban J connectivity index is 1.42. The molecule has 0 bridgehead atoms. The van der Waals surface area contributed by atoms with Crippen molar-refractivity contribution >= 4 is 11.6 Å². The summed E-state index contributed by atoms with van der Waals surface area (Å²) in [6.07, 6.45) is 2.77. The average molecular weight is 350 g/mol. The van der Waals surface area contributed by atoms with Gasteiger partial charge in [-0.05, 0) is 36.2 Å². The molecule has 0 aliphatic carbocycles. The number of anilines is 1. The summed E-state index contributed by atoms with van der Waals surface area (Å²) < 4.78 is 0. The summed E-state index contributed by atoms with van der Waals surface area (Å²) in [4.78, 5) is 24.0. The van der Waals surface area contributed by atoms with Gasteiger partial charge in [0.15, 0.2) is 0 Å². The van der Waals surface area contributed by atoms with Gasteiger partial charge in [-0.25, -0.2) is 4.98 Å². The second kappa shape index (κ2) is 7.46. The fourth-order valence-electron chi connectivity index (χ4n) is 3.85. The number of nitrogens with zero attached hydrogens (tertiary/aromatic N) is 4. The first kappa shape index (κ1) is 17.0. The minimum atomic E-state index is 0.0295. The molecule has 0 atom stereocenters. The lowest BCUT2D eigenvalue weighted by atomic mass is 10.00. The molecule has 3 heterocycles. The van der Waals surface area contributed by atoms with Gasteiger partial charge in [-0.1, -0.05) is 31.2 Å². The van der Waals surface area contributed by atoms with Crippen molar-refractivity contribution in [1.82, 2.24) is 14.8 Å². The number of benzene rings is 1. The zero-order valence-electron chi connectivity index (χ0n) is 15.4. The molecule has 1 saturated heterocycles. The lowest BCUT2D eigenvalue weighted by molar-refractivity contribution is 0.0729. The fourth-order valence-corrected chi connectivity index (χ4v) is 3.85. The molecule has 0 N–H and O–H groups in total. The minimum Gasteiger partial charge on any atom is -0.368 e. The highest BCUT2D eigenvalue weighted by Gasteiger charge is 2.23. The highest BCUT2D eigenvalue weighted by atomic mass is 16.2. The summed E-state index contributed by atoms with van der Waals surface area (Å²) in [7, 11) is 0. The summed E-state index contributed by atoms with van der Waals surface area (Å²) in [5.41, 5.74) is 4.25. The van der Waals surface area contributed by atoms with Gasteiger partial charge < -0.3 is 14.7 Å². The van der Waals surface area contributed by atoms with Gasteiger partial charge in [0.25, 0.3) is 5.91 Å². The summed E-state index contributed by atoms with van der Waals surface area (Å²) in [6.45, 7) is 8.97. The standard InChI is InChI=1S/C21H26N4O/c1-2-23-11-13-24(14-12-23)19-7-8-20(22-15-19)21(26)25-10-9-17-5-3-4-6-18(17)16-25/h3-8,15H,2,9-14,16H2,1H3. The minimum absolute atomic E-state index is 0.0295. The number of piperazine rings is 1. The van der Waals surface area contributed by atoms with Gasteiger partial charge in [0, 0.05) is 39.3 Å². The second-order valence-corrected chi connectivity index (χ2v) is 7.07. The third-order valence-electron chi connectivity index (χ3n) is 5.57. The van der Waals surface area contributed by atoms with Gasteiger partial charge >= 0.3 is 0 Å². The van der Waals surface area contributed by atoms with Crippen LogP contribution in [0.2, 0.25) is 0 Å². The maximum atomic E-state index is 12.8. The molecule has 2 aliphatic rings. The van der Waals surface area contributed by atoms with Gasteiger partial charge in [0.05, 0.1) is 11.9 Å². The van der Waals surface area contributed by atoms with Crippen LogP contribution in [0.4, 0.5) is 5.69 Å². The smallest absolute Gasteiger partial charge is 0.272 e. The molecule has 1 fully saturated rings. The van der Waals surface area contributed by atoms with Gasteiger partial charge in [-0.3, -0.25) is 4.79 Å². The Morgan fingerprint density at radius 2 is 1.77 bits per heavy atom. The van der Waals surface area contributed by atoms with E-state index < -0.39 is 0 Å². The third kappa shape index (κ3) is 3.44. The third-order valence-corrected chi connectivity index (χ3v) is 5.57. The first-order chi connectivity index (χ1) is 12.7. The molecule has 26 heavy (non-hydrogen) atoms. The Labute approximate surface area is 155 Å². The van der Waals surface area contributed by atoms with E-state index in [4.69, 9.17) is 0 Å². The number of amides is 1. The van der Waals surface area contributed by atoms with Crippen LogP contribution in [-0.2, 0) is 13.0 Å². The van der Waals surface area contributed by atoms with Crippen LogP contribution in [-0.4, -0.2) is 60.0 Å². The molecule has 2 aliphatic heterocycles. The molecule has 0 spiro atoms. The SMILES string of the molecule is CCN1CCN(c2ccc(C(=O)N3CCc4ccccc4C3)nc2)CC1. The van der Waals surface area contributed by atoms with E-state index >= 15 is 0 Å². The Hall–Kier alpha value is -2.40. The Morgan fingerprint density at radius 1 is 1.00 bits per heavy atom. The number of carbonyl (C=O) groups is 1. The van der Waals surface area contributed by atoms with Gasteiger partial charge in [0.1, 0.15) is 5.69 Å². The number of hydrogen-bond donors (Lipinski definition) is 0. The monoisotopic (exact) mass is 350 g/mol. The van der Waals surface area contributed by atoms with Crippen molar-refractivity contribution in [2.24, 2.45) is 0 Å². The topological polar surface area (TPSA) is 39.7 Å². The number of carbonyl (C=O) groups excluding carboxylic acids is 1. The van der Waals surface area contributed by atoms with E-state index in [0.717, 1.165) is 51.4 Å². The molecule has 136 valence electrons. The van der Waals surface area contributed by atoms with Gasteiger partial charge in [0.2, 0.25) is 0 Å². The van der Waals surface area contributed by atoms with E-state index in [0.29, 0.717) is 12.2 Å². The molecule has 1 aromatic carbocycles. The fraction of sp³-hybridized carbons (Fsp3) is 0.429. The van der Waals surface area contributed by atoms with Crippen molar-refractivity contribution in [3.8, 4) is 0 Å². The Kier molecular flexibility index (Phi) is 4.89. The van der Waals surface area contributed by atoms with Crippen molar-refractivity contribution in [3.05, 3.63) is 59.4 Å². The molecule has 5 heteroatoms. The molecular formula is C21H26N4O. The second-order valence-electron chi connectivity index (χ2n) is 7.07. The zero-order chi connectivity index (χ0) is 17.9. The highest BCUT2D eigenvalue weighted by molar-refractivity contribution is 5.92. The van der Waals surface area contributed by atoms with Crippen LogP contribution in [0.5, 0.6) is 0 Å². The maximum Gasteiger partial charge on any atom is 0.272 e. The number of pyridine rings is 1. The summed E-state index contributed by atoms with van der Waals surface area (Å²) in [5.74, 6) is 0.0295. The number of rotatable bonds is 3. The predicted molar refractivity (Wildman–Crippen MR) is 103 cm³/mol. The molecule has 1 aromatic heterocycles. The van der Waals surface area contributed by atoms with Crippen LogP contribution in [0.25, 0.3) is 0 Å². The molecule has 0 unspecified atom stereocenters. The van der Waals surface area contributed by atoms with Crippen LogP contribution in [0.3, 0.4) is 0 Å². The molecular weight excluding hydrogens is 324 g/mol. The summed E-state index contributed by atoms with van der Waals surface area (Å²) >= 11 is 0. The van der Waals surface area contributed by atoms with E-state index in [-0.39, 0.29) is 5.91 Å². The van der Waals surface area contributed by atoms with Gasteiger partial charge in [-0.2, -0.15) is 0 Å². The van der Waals surface area contributed by atoms with Crippen molar-refractivity contribution in [1.29, 1.82) is 0 Å². The van der Waals surface area contributed by atoms with E-state index in [1.165, 1.54) is 11.1 Å². The zero-order valence-corrected chi connectivity index (χ0v) is 15.4. The van der Waals surface area contributed by atoms with Crippen LogP contribution >= 0.6 is 0 Å². The number of aromatic nitrogens is 1. The van der Waals surface area contributed by atoms with E-state index in [9.17, 15) is 4.79 Å². The van der Waals surface area contributed by atoms with Crippen LogP contribution in [0, 0.1) is 0 Å². The highest BCUT2D eigenvalue weighted by Crippen LogP contribution is 2.21. The van der Waals surface area contributed by atoms with Gasteiger partial charge in [-0.15, -0.1) is 0 Å². The maximum absolute atomic E-state index is 12.8. The van der Waals surface area contributed by atoms with Crippen molar-refractivity contribution < 1.29 is 4.79 Å². The number of likely N-dealkylation sites (N-methyl/N-ethyl adjacent to an activating group) is 1. The predicted octanol–water partition coefficient (Wildman–Crippen LogP) is 2.42. The molecule has 0 radical (unpaired) electrons. The number of hydrogen-bond acceptors (Lipinski definition) is 4. The first-order valence-electron chi connectivity index (χ1n) is 9.54. The van der Waals surface area contributed by atoms with Crippen LogP contribution in [0.1, 0.15) is 28.5 Å². The Bertz CT molecular complexity index is 766. The molecule has 0 saturated carbocycles. The molecule has 1 amide bonds. The van der Waals surface area contributed by atoms with Crippen molar-refractivity contribution in [2.45, 2.75) is 19.9 Å². The Morgan fingerprint density at radius 3 is 2.46 bits per heavy atom. The van der Waals surface area contributed by atoms with Crippen LogP contribution in [0.15, 0.2) is 42.6 Å². The van der Waals surface area contributed by atoms with E-state index in [1.54, 1.807) is 0 Å². The summed E-state index contributed by atoms with van der Waals surface area (Å²) in [5, 5.41) is 0. The van der Waals surface area contributed by atoms with Crippen molar-refractivity contribution in [2.75, 3.05) is 44.2 Å². The van der Waals surface area contributed by atoms with E-state index in [2.05, 4.69) is 39.9 Å². The quantitative estimate of drug-likeness (QED) is 0.852. The normalized spacial score (nSPS) is 17.9. The summed E-state index contributed by atoms with van der Waals surface area (Å²) in [6, 6.07) is 12.3. The molecule has 5 nitrogen and oxygen atoms in total. The van der Waals surface area contributed by atoms with E-state index in [1.807, 2.05) is 29.3 Å². The number of fused-ring (bicyclic) bond motifs is 1. The average Bonchev–Trinajstić information content (AvgIpc) is 2.73.